The minimum absolute atomic E-state index is 0.578. The Bertz CT molecular complexity index is 269. The molecular formula is C17H35N3. The van der Waals surface area contributed by atoms with Crippen LogP contribution in [0.15, 0.2) is 0 Å². The zero-order chi connectivity index (χ0) is 14.4. The molecule has 0 aromatic heterocycles. The first-order valence-electron chi connectivity index (χ1n) is 8.90. The fraction of sp³-hybridized carbons (Fsp3) is 1.00. The standard InChI is InChI=1S/C17H35N3/c1-4-18-14-17(10-7-8-11-17)15-19-12-9-16(13-19)20(5-2)6-3/h16,18H,4-15H2,1-3H3. The fourth-order valence-electron chi connectivity index (χ4n) is 4.37. The molecule has 20 heavy (non-hydrogen) atoms. The molecule has 0 aromatic rings. The van der Waals surface area contributed by atoms with E-state index < -0.39 is 0 Å². The molecule has 1 saturated heterocycles. The summed E-state index contributed by atoms with van der Waals surface area (Å²) in [5.41, 5.74) is 0.578. The van der Waals surface area contributed by atoms with Crippen molar-refractivity contribution in [2.75, 3.05) is 45.8 Å². The molecule has 2 fully saturated rings. The molecule has 0 spiro atoms. The molecule has 3 nitrogen and oxygen atoms in total. The maximum Gasteiger partial charge on any atom is 0.0235 e. The lowest BCUT2D eigenvalue weighted by atomic mass is 9.85. The number of hydrogen-bond donors (Lipinski definition) is 1. The Hall–Kier alpha value is -0.120. The molecule has 0 aromatic carbocycles. The Kier molecular flexibility index (Phi) is 6.31. The molecule has 0 radical (unpaired) electrons. The molecule has 118 valence electrons. The second kappa shape index (κ2) is 7.77. The van der Waals surface area contributed by atoms with Gasteiger partial charge in [0.15, 0.2) is 0 Å². The first kappa shape index (κ1) is 16.3. The number of rotatable bonds is 8. The summed E-state index contributed by atoms with van der Waals surface area (Å²) >= 11 is 0. The summed E-state index contributed by atoms with van der Waals surface area (Å²) in [4.78, 5) is 5.40. The molecule has 2 rings (SSSR count). The first-order valence-corrected chi connectivity index (χ1v) is 8.90. The smallest absolute Gasteiger partial charge is 0.0235 e. The van der Waals surface area contributed by atoms with Gasteiger partial charge in [-0.25, -0.2) is 0 Å². The van der Waals surface area contributed by atoms with E-state index in [1.165, 1.54) is 71.4 Å². The molecule has 0 amide bonds. The number of hydrogen-bond acceptors (Lipinski definition) is 3. The zero-order valence-electron chi connectivity index (χ0n) is 14.0. The summed E-state index contributed by atoms with van der Waals surface area (Å²) in [6.45, 7) is 15.5. The van der Waals surface area contributed by atoms with Crippen LogP contribution < -0.4 is 5.32 Å². The van der Waals surface area contributed by atoms with E-state index in [9.17, 15) is 0 Å². The summed E-state index contributed by atoms with van der Waals surface area (Å²) in [6.07, 6.45) is 7.13. The van der Waals surface area contributed by atoms with Crippen molar-refractivity contribution in [1.82, 2.24) is 15.1 Å². The van der Waals surface area contributed by atoms with Gasteiger partial charge in [-0.15, -0.1) is 0 Å². The maximum atomic E-state index is 3.62. The van der Waals surface area contributed by atoms with Crippen molar-refractivity contribution in [3.05, 3.63) is 0 Å². The largest absolute Gasteiger partial charge is 0.316 e. The van der Waals surface area contributed by atoms with Crippen LogP contribution in [0.3, 0.4) is 0 Å². The van der Waals surface area contributed by atoms with Crippen molar-refractivity contribution in [3.8, 4) is 0 Å². The summed E-state index contributed by atoms with van der Waals surface area (Å²) in [6, 6.07) is 0.808. The summed E-state index contributed by atoms with van der Waals surface area (Å²) in [7, 11) is 0. The third-order valence-electron chi connectivity index (χ3n) is 5.55. The highest BCUT2D eigenvalue weighted by molar-refractivity contribution is 4.92. The van der Waals surface area contributed by atoms with Crippen molar-refractivity contribution in [1.29, 1.82) is 0 Å². The third-order valence-corrected chi connectivity index (χ3v) is 5.55. The zero-order valence-corrected chi connectivity index (χ0v) is 14.0. The van der Waals surface area contributed by atoms with Gasteiger partial charge in [-0.2, -0.15) is 0 Å². The van der Waals surface area contributed by atoms with Crippen LogP contribution in [0.2, 0.25) is 0 Å². The van der Waals surface area contributed by atoms with E-state index >= 15 is 0 Å². The second-order valence-corrected chi connectivity index (χ2v) is 6.89. The van der Waals surface area contributed by atoms with Crippen LogP contribution in [0.5, 0.6) is 0 Å². The quantitative estimate of drug-likeness (QED) is 0.738. The van der Waals surface area contributed by atoms with Crippen molar-refractivity contribution in [2.24, 2.45) is 5.41 Å². The number of nitrogens with zero attached hydrogens (tertiary/aromatic N) is 2. The topological polar surface area (TPSA) is 18.5 Å². The van der Waals surface area contributed by atoms with Gasteiger partial charge in [0.05, 0.1) is 0 Å². The van der Waals surface area contributed by atoms with Gasteiger partial charge in [0, 0.05) is 25.7 Å². The number of likely N-dealkylation sites (tertiary alicyclic amines) is 1. The molecule has 1 N–H and O–H groups in total. The van der Waals surface area contributed by atoms with Crippen LogP contribution >= 0.6 is 0 Å². The van der Waals surface area contributed by atoms with E-state index in [2.05, 4.69) is 35.9 Å². The van der Waals surface area contributed by atoms with Crippen LogP contribution in [-0.4, -0.2) is 61.7 Å². The van der Waals surface area contributed by atoms with Crippen molar-refractivity contribution in [3.63, 3.8) is 0 Å². The predicted octanol–water partition coefficient (Wildman–Crippen LogP) is 2.57. The van der Waals surface area contributed by atoms with Gasteiger partial charge in [0.25, 0.3) is 0 Å². The molecule has 1 saturated carbocycles. The van der Waals surface area contributed by atoms with Gasteiger partial charge in [0.1, 0.15) is 0 Å². The van der Waals surface area contributed by atoms with Crippen molar-refractivity contribution >= 4 is 0 Å². The summed E-state index contributed by atoms with van der Waals surface area (Å²) in [5, 5.41) is 3.62. The molecule has 2 aliphatic rings. The molecule has 1 aliphatic heterocycles. The lowest BCUT2D eigenvalue weighted by molar-refractivity contribution is 0.155. The summed E-state index contributed by atoms with van der Waals surface area (Å²) < 4.78 is 0. The Balaban J connectivity index is 1.86. The third kappa shape index (κ3) is 3.96. The van der Waals surface area contributed by atoms with E-state index in [1.807, 2.05) is 0 Å². The highest BCUT2D eigenvalue weighted by atomic mass is 15.3. The van der Waals surface area contributed by atoms with Crippen LogP contribution in [0.4, 0.5) is 0 Å². The lowest BCUT2D eigenvalue weighted by Crippen LogP contribution is -2.43. The minimum atomic E-state index is 0.578. The summed E-state index contributed by atoms with van der Waals surface area (Å²) in [5.74, 6) is 0. The fourth-order valence-corrected chi connectivity index (χ4v) is 4.37. The Labute approximate surface area is 126 Å². The molecule has 0 bridgehead atoms. The Morgan fingerprint density at radius 1 is 1.15 bits per heavy atom. The predicted molar refractivity (Wildman–Crippen MR) is 87.2 cm³/mol. The first-order chi connectivity index (χ1) is 9.73. The van der Waals surface area contributed by atoms with Gasteiger partial charge in [0.2, 0.25) is 0 Å². The van der Waals surface area contributed by atoms with E-state index in [-0.39, 0.29) is 0 Å². The number of likely N-dealkylation sites (N-methyl/N-ethyl adjacent to an activating group) is 1. The normalized spacial score (nSPS) is 26.7. The Morgan fingerprint density at radius 2 is 1.85 bits per heavy atom. The highest BCUT2D eigenvalue weighted by Crippen LogP contribution is 2.39. The van der Waals surface area contributed by atoms with Gasteiger partial charge < -0.3 is 10.2 Å². The van der Waals surface area contributed by atoms with Crippen LogP contribution in [0.1, 0.15) is 52.9 Å². The lowest BCUT2D eigenvalue weighted by Gasteiger charge is -2.34. The average molecular weight is 281 g/mol. The van der Waals surface area contributed by atoms with Crippen molar-refractivity contribution < 1.29 is 0 Å². The van der Waals surface area contributed by atoms with E-state index in [1.54, 1.807) is 0 Å². The second-order valence-electron chi connectivity index (χ2n) is 6.89. The van der Waals surface area contributed by atoms with Crippen LogP contribution in [0, 0.1) is 5.41 Å². The van der Waals surface area contributed by atoms with Gasteiger partial charge in [-0.05, 0) is 50.9 Å². The van der Waals surface area contributed by atoms with E-state index in [4.69, 9.17) is 0 Å². The minimum Gasteiger partial charge on any atom is -0.316 e. The SMILES string of the molecule is CCNCC1(CN2CCC(N(CC)CC)C2)CCCC1. The van der Waals surface area contributed by atoms with E-state index in [0.717, 1.165) is 12.6 Å². The monoisotopic (exact) mass is 281 g/mol. The maximum absolute atomic E-state index is 3.62. The average Bonchev–Trinajstić information content (AvgIpc) is 3.09. The Morgan fingerprint density at radius 3 is 2.45 bits per heavy atom. The molecule has 1 heterocycles. The van der Waals surface area contributed by atoms with Crippen LogP contribution in [-0.2, 0) is 0 Å². The molecule has 3 heteroatoms. The molecule has 1 aliphatic carbocycles. The number of nitrogens with one attached hydrogen (secondary N) is 1. The van der Waals surface area contributed by atoms with Crippen molar-refractivity contribution in [2.45, 2.75) is 58.9 Å². The van der Waals surface area contributed by atoms with Gasteiger partial charge in [-0.1, -0.05) is 33.6 Å². The molecule has 1 atom stereocenters. The molecule has 1 unspecified atom stereocenters. The van der Waals surface area contributed by atoms with Crippen LogP contribution in [0.25, 0.3) is 0 Å². The molecular weight excluding hydrogens is 246 g/mol. The highest BCUT2D eigenvalue weighted by Gasteiger charge is 2.37. The van der Waals surface area contributed by atoms with Gasteiger partial charge >= 0.3 is 0 Å². The van der Waals surface area contributed by atoms with E-state index in [0.29, 0.717) is 5.41 Å². The van der Waals surface area contributed by atoms with Gasteiger partial charge in [-0.3, -0.25) is 4.90 Å².